The largest absolute Gasteiger partial charge is 0.480 e. The number of carboxylic acid groups (broad SMARTS) is 1. The Morgan fingerprint density at radius 3 is 2.53 bits per heavy atom. The molecule has 1 spiro atoms. The molecule has 0 radical (unpaired) electrons. The summed E-state index contributed by atoms with van der Waals surface area (Å²) in [5.74, 6) is -2.98. The van der Waals surface area contributed by atoms with E-state index in [4.69, 9.17) is 14.2 Å². The van der Waals surface area contributed by atoms with E-state index < -0.39 is 35.4 Å². The van der Waals surface area contributed by atoms with Crippen LogP contribution in [0.1, 0.15) is 16.8 Å². The molecule has 2 heterocycles. The molecule has 2 aliphatic rings. The molecular weight excluding hydrogens is 423 g/mol. The number of rotatable bonds is 6. The topological polar surface area (TPSA) is 114 Å². The molecule has 4 rings (SSSR count). The van der Waals surface area contributed by atoms with E-state index in [1.54, 1.807) is 18.2 Å². The summed E-state index contributed by atoms with van der Waals surface area (Å²) in [5, 5.41) is 12.0. The van der Waals surface area contributed by atoms with Crippen molar-refractivity contribution in [3.05, 3.63) is 59.9 Å². The molecule has 0 aliphatic carbocycles. The van der Waals surface area contributed by atoms with Crippen LogP contribution in [0.3, 0.4) is 0 Å². The van der Waals surface area contributed by atoms with Gasteiger partial charge >= 0.3 is 5.97 Å². The molecule has 0 bridgehead atoms. The van der Waals surface area contributed by atoms with Crippen LogP contribution in [-0.4, -0.2) is 65.9 Å². The summed E-state index contributed by atoms with van der Waals surface area (Å²) in [7, 11) is 0. The lowest BCUT2D eigenvalue weighted by atomic mass is 10.1. The molecule has 32 heavy (non-hydrogen) atoms. The molecule has 2 fully saturated rings. The maximum absolute atomic E-state index is 13.0. The van der Waals surface area contributed by atoms with Gasteiger partial charge < -0.3 is 29.5 Å². The summed E-state index contributed by atoms with van der Waals surface area (Å²) in [4.78, 5) is 37.9. The van der Waals surface area contributed by atoms with Crippen molar-refractivity contribution >= 4 is 17.8 Å². The number of amides is 2. The van der Waals surface area contributed by atoms with Crippen LogP contribution in [0.4, 0.5) is 4.39 Å². The Morgan fingerprint density at radius 2 is 1.84 bits per heavy atom. The lowest BCUT2D eigenvalue weighted by Crippen LogP contribution is -2.46. The third-order valence-electron chi connectivity index (χ3n) is 5.26. The third-order valence-corrected chi connectivity index (χ3v) is 5.26. The van der Waals surface area contributed by atoms with Crippen molar-refractivity contribution in [2.24, 2.45) is 0 Å². The zero-order valence-corrected chi connectivity index (χ0v) is 17.0. The molecule has 9 nitrogen and oxygen atoms in total. The molecule has 2 amide bonds. The minimum absolute atomic E-state index is 0.0142. The highest BCUT2D eigenvalue weighted by atomic mass is 19.1. The second-order valence-corrected chi connectivity index (χ2v) is 7.45. The Labute approximate surface area is 182 Å². The van der Waals surface area contributed by atoms with Crippen molar-refractivity contribution in [3.8, 4) is 11.5 Å². The molecule has 2 saturated heterocycles. The Bertz CT molecular complexity index is 1020. The lowest BCUT2D eigenvalue weighted by molar-refractivity contribution is -0.152. The van der Waals surface area contributed by atoms with E-state index in [1.807, 2.05) is 0 Å². The summed E-state index contributed by atoms with van der Waals surface area (Å²) < 4.78 is 29.7. The molecule has 2 aromatic carbocycles. The van der Waals surface area contributed by atoms with Crippen molar-refractivity contribution in [2.45, 2.75) is 18.2 Å². The van der Waals surface area contributed by atoms with E-state index in [2.05, 4.69) is 5.32 Å². The van der Waals surface area contributed by atoms with Crippen LogP contribution in [0.25, 0.3) is 0 Å². The molecule has 0 aromatic heterocycles. The van der Waals surface area contributed by atoms with E-state index >= 15 is 0 Å². The smallest absolute Gasteiger partial charge is 0.326 e. The Morgan fingerprint density at radius 1 is 1.12 bits per heavy atom. The van der Waals surface area contributed by atoms with E-state index in [0.29, 0.717) is 24.7 Å². The van der Waals surface area contributed by atoms with Gasteiger partial charge in [0, 0.05) is 12.0 Å². The molecule has 10 heteroatoms. The number of nitrogens with zero attached hydrogens (tertiary/aromatic N) is 1. The average molecular weight is 444 g/mol. The minimum atomic E-state index is -1.16. The zero-order chi connectivity index (χ0) is 22.7. The first-order valence-electron chi connectivity index (χ1n) is 9.97. The van der Waals surface area contributed by atoms with Crippen LogP contribution in [0.5, 0.6) is 11.5 Å². The van der Waals surface area contributed by atoms with Gasteiger partial charge in [-0.3, -0.25) is 9.59 Å². The first kappa shape index (κ1) is 21.7. The highest BCUT2D eigenvalue weighted by molar-refractivity contribution is 5.97. The highest BCUT2D eigenvalue weighted by Crippen LogP contribution is 2.34. The van der Waals surface area contributed by atoms with Gasteiger partial charge in [0.2, 0.25) is 5.91 Å². The average Bonchev–Trinajstić information content (AvgIpc) is 3.41. The normalized spacial score (nSPS) is 19.2. The van der Waals surface area contributed by atoms with Crippen LogP contribution in [0.2, 0.25) is 0 Å². The van der Waals surface area contributed by atoms with Crippen LogP contribution in [0, 0.1) is 5.82 Å². The summed E-state index contributed by atoms with van der Waals surface area (Å²) in [6.07, 6.45) is 0.0325. The SMILES string of the molecule is O=C(NCC(=O)N1CC2(CC1C(=O)O)OCCO2)c1cccc(Oc2ccc(F)cc2)c1. The minimum Gasteiger partial charge on any atom is -0.480 e. The summed E-state index contributed by atoms with van der Waals surface area (Å²) >= 11 is 0. The molecule has 2 aliphatic heterocycles. The van der Waals surface area contributed by atoms with Gasteiger partial charge in [0.1, 0.15) is 23.4 Å². The van der Waals surface area contributed by atoms with Gasteiger partial charge in [0.05, 0.1) is 26.3 Å². The third kappa shape index (κ3) is 4.71. The van der Waals surface area contributed by atoms with Gasteiger partial charge in [0.15, 0.2) is 5.79 Å². The number of carbonyl (C=O) groups excluding carboxylic acids is 2. The Hall–Kier alpha value is -3.50. The van der Waals surface area contributed by atoms with E-state index in [9.17, 15) is 23.9 Å². The number of nitrogens with one attached hydrogen (secondary N) is 1. The maximum Gasteiger partial charge on any atom is 0.326 e. The number of ether oxygens (including phenoxy) is 3. The standard InChI is InChI=1S/C22H21FN2O7/c23-15-4-6-16(7-5-15)32-17-3-1-2-14(10-17)20(27)24-12-19(26)25-13-22(30-8-9-31-22)11-18(25)21(28)29/h1-7,10,18H,8-9,11-13H2,(H,24,27)(H,28,29). The molecule has 2 aromatic rings. The first-order chi connectivity index (χ1) is 15.3. The second kappa shape index (κ2) is 8.93. The lowest BCUT2D eigenvalue weighted by Gasteiger charge is -2.23. The number of aliphatic carboxylic acids is 1. The van der Waals surface area contributed by atoms with Crippen LogP contribution >= 0.6 is 0 Å². The van der Waals surface area contributed by atoms with Crippen LogP contribution in [-0.2, 0) is 19.1 Å². The summed E-state index contributed by atoms with van der Waals surface area (Å²) in [6, 6.07) is 10.6. The van der Waals surface area contributed by atoms with Crippen LogP contribution in [0.15, 0.2) is 48.5 Å². The van der Waals surface area contributed by atoms with Gasteiger partial charge in [-0.15, -0.1) is 0 Å². The predicted molar refractivity (Wildman–Crippen MR) is 108 cm³/mol. The predicted octanol–water partition coefficient (Wildman–Crippen LogP) is 1.78. The maximum atomic E-state index is 13.0. The number of hydrogen-bond acceptors (Lipinski definition) is 6. The van der Waals surface area contributed by atoms with Crippen LogP contribution < -0.4 is 10.1 Å². The van der Waals surface area contributed by atoms with Crippen molar-refractivity contribution in [2.75, 3.05) is 26.3 Å². The van der Waals surface area contributed by atoms with Crippen molar-refractivity contribution in [1.82, 2.24) is 10.2 Å². The second-order valence-electron chi connectivity index (χ2n) is 7.45. The van der Waals surface area contributed by atoms with E-state index in [1.165, 1.54) is 30.3 Å². The number of halogens is 1. The van der Waals surface area contributed by atoms with Gasteiger partial charge in [-0.1, -0.05) is 6.07 Å². The number of hydrogen-bond donors (Lipinski definition) is 2. The first-order valence-corrected chi connectivity index (χ1v) is 9.97. The van der Waals surface area contributed by atoms with Gasteiger partial charge in [-0.2, -0.15) is 0 Å². The quantitative estimate of drug-likeness (QED) is 0.698. The number of likely N-dealkylation sites (tertiary alicyclic amines) is 1. The molecule has 168 valence electrons. The van der Waals surface area contributed by atoms with E-state index in [0.717, 1.165) is 4.90 Å². The number of carboxylic acids is 1. The fourth-order valence-electron chi connectivity index (χ4n) is 3.73. The molecule has 1 atom stereocenters. The van der Waals surface area contributed by atoms with Gasteiger partial charge in [0.25, 0.3) is 5.91 Å². The van der Waals surface area contributed by atoms with Gasteiger partial charge in [-0.05, 0) is 42.5 Å². The van der Waals surface area contributed by atoms with Gasteiger partial charge in [-0.25, -0.2) is 9.18 Å². The highest BCUT2D eigenvalue weighted by Gasteiger charge is 2.52. The molecular formula is C22H21FN2O7. The van der Waals surface area contributed by atoms with Crippen molar-refractivity contribution in [1.29, 1.82) is 0 Å². The fraction of sp³-hybridized carbons (Fsp3) is 0.318. The Kier molecular flexibility index (Phi) is 6.06. The summed E-state index contributed by atoms with van der Waals surface area (Å²) in [5.41, 5.74) is 0.243. The molecule has 1 unspecified atom stereocenters. The molecule has 2 N–H and O–H groups in total. The summed E-state index contributed by atoms with van der Waals surface area (Å²) in [6.45, 7) is 0.268. The number of benzene rings is 2. The zero-order valence-electron chi connectivity index (χ0n) is 17.0. The van der Waals surface area contributed by atoms with Crippen molar-refractivity contribution < 1.29 is 38.1 Å². The number of carbonyl (C=O) groups is 3. The van der Waals surface area contributed by atoms with Crippen molar-refractivity contribution in [3.63, 3.8) is 0 Å². The monoisotopic (exact) mass is 444 g/mol. The van der Waals surface area contributed by atoms with E-state index in [-0.39, 0.29) is 25.1 Å². The fourth-order valence-corrected chi connectivity index (χ4v) is 3.73. The molecule has 0 saturated carbocycles. The Balaban J connectivity index is 1.37.